The van der Waals surface area contributed by atoms with Crippen LogP contribution in [0.4, 0.5) is 4.39 Å². The molecule has 0 saturated carbocycles. The average molecular weight is 459 g/mol. The van der Waals surface area contributed by atoms with Crippen molar-refractivity contribution in [3.8, 4) is 5.75 Å². The Labute approximate surface area is 195 Å². The SMILES string of the molecule is Cc1ccccc1OC[C@@H](O)CN1CCO[C@@H](CN(CC(C)C)C(=O)c2ccc(F)cc2)C1. The molecular weight excluding hydrogens is 423 g/mol. The second-order valence-corrected chi connectivity index (χ2v) is 9.09. The number of carbonyl (C=O) groups is 1. The first-order chi connectivity index (χ1) is 15.8. The summed E-state index contributed by atoms with van der Waals surface area (Å²) in [6.07, 6.45) is -0.789. The zero-order valence-electron chi connectivity index (χ0n) is 19.7. The van der Waals surface area contributed by atoms with Gasteiger partial charge in [0, 0.05) is 38.3 Å². The number of aliphatic hydroxyl groups excluding tert-OH is 1. The van der Waals surface area contributed by atoms with Gasteiger partial charge in [-0.2, -0.15) is 0 Å². The number of aliphatic hydroxyl groups is 1. The van der Waals surface area contributed by atoms with E-state index in [4.69, 9.17) is 9.47 Å². The first-order valence-corrected chi connectivity index (χ1v) is 11.6. The van der Waals surface area contributed by atoms with Crippen LogP contribution in [0, 0.1) is 18.7 Å². The minimum Gasteiger partial charge on any atom is -0.491 e. The maximum absolute atomic E-state index is 13.3. The molecule has 33 heavy (non-hydrogen) atoms. The highest BCUT2D eigenvalue weighted by Crippen LogP contribution is 2.17. The van der Waals surface area contributed by atoms with Crippen LogP contribution in [0.2, 0.25) is 0 Å². The normalized spacial score (nSPS) is 17.7. The molecule has 2 aromatic carbocycles. The van der Waals surface area contributed by atoms with E-state index in [0.717, 1.165) is 11.3 Å². The predicted octanol–water partition coefficient (Wildman–Crippen LogP) is 3.37. The predicted molar refractivity (Wildman–Crippen MR) is 126 cm³/mol. The van der Waals surface area contributed by atoms with Gasteiger partial charge in [0.25, 0.3) is 5.91 Å². The number of β-amino-alcohol motifs (C(OH)–C–C–N with tert-alkyl or cyclic N) is 1. The van der Waals surface area contributed by atoms with Gasteiger partial charge in [0.2, 0.25) is 0 Å². The van der Waals surface area contributed by atoms with Gasteiger partial charge in [0.15, 0.2) is 0 Å². The molecule has 6 nitrogen and oxygen atoms in total. The molecule has 2 aromatic rings. The molecule has 1 N–H and O–H groups in total. The van der Waals surface area contributed by atoms with Crippen LogP contribution in [-0.4, -0.2) is 79.0 Å². The van der Waals surface area contributed by atoms with Gasteiger partial charge in [-0.15, -0.1) is 0 Å². The highest BCUT2D eigenvalue weighted by Gasteiger charge is 2.27. The third-order valence-electron chi connectivity index (χ3n) is 5.60. The number of ether oxygens (including phenoxy) is 2. The molecule has 0 bridgehead atoms. The van der Waals surface area contributed by atoms with E-state index in [1.165, 1.54) is 24.3 Å². The first kappa shape index (κ1) is 25.1. The lowest BCUT2D eigenvalue weighted by Crippen LogP contribution is -2.51. The van der Waals surface area contributed by atoms with Gasteiger partial charge in [-0.25, -0.2) is 4.39 Å². The van der Waals surface area contributed by atoms with E-state index < -0.39 is 6.10 Å². The number of rotatable bonds is 10. The van der Waals surface area contributed by atoms with Gasteiger partial charge in [0.1, 0.15) is 24.3 Å². The Morgan fingerprint density at radius 1 is 1.24 bits per heavy atom. The van der Waals surface area contributed by atoms with Crippen molar-refractivity contribution in [1.82, 2.24) is 9.80 Å². The zero-order chi connectivity index (χ0) is 23.8. The van der Waals surface area contributed by atoms with Crippen molar-refractivity contribution < 1.29 is 23.8 Å². The summed E-state index contributed by atoms with van der Waals surface area (Å²) in [6, 6.07) is 13.4. The molecule has 0 unspecified atom stereocenters. The van der Waals surface area contributed by atoms with Crippen LogP contribution < -0.4 is 4.74 Å². The van der Waals surface area contributed by atoms with Gasteiger partial charge < -0.3 is 19.5 Å². The summed E-state index contributed by atoms with van der Waals surface area (Å²) in [6.45, 7) is 9.69. The molecule has 0 spiro atoms. The Hall–Kier alpha value is -2.48. The van der Waals surface area contributed by atoms with Crippen LogP contribution in [-0.2, 0) is 4.74 Å². The van der Waals surface area contributed by atoms with Crippen molar-refractivity contribution in [3.05, 3.63) is 65.5 Å². The van der Waals surface area contributed by atoms with E-state index in [9.17, 15) is 14.3 Å². The molecule has 1 aliphatic rings. The van der Waals surface area contributed by atoms with Crippen LogP contribution >= 0.6 is 0 Å². The number of aryl methyl sites for hydroxylation is 1. The van der Waals surface area contributed by atoms with Gasteiger partial charge >= 0.3 is 0 Å². The fourth-order valence-electron chi connectivity index (χ4n) is 4.01. The third kappa shape index (κ3) is 7.81. The number of para-hydroxylation sites is 1. The van der Waals surface area contributed by atoms with Crippen LogP contribution in [0.15, 0.2) is 48.5 Å². The van der Waals surface area contributed by atoms with E-state index in [1.54, 1.807) is 4.90 Å². The van der Waals surface area contributed by atoms with Crippen molar-refractivity contribution in [3.63, 3.8) is 0 Å². The van der Waals surface area contributed by atoms with Crippen molar-refractivity contribution in [2.75, 3.05) is 45.9 Å². The molecule has 1 heterocycles. The number of morpholine rings is 1. The largest absolute Gasteiger partial charge is 0.491 e. The molecule has 7 heteroatoms. The second kappa shape index (κ2) is 12.1. The van der Waals surface area contributed by atoms with Crippen molar-refractivity contribution in [2.24, 2.45) is 5.92 Å². The lowest BCUT2D eigenvalue weighted by molar-refractivity contribution is -0.0542. The zero-order valence-corrected chi connectivity index (χ0v) is 19.7. The number of amides is 1. The van der Waals surface area contributed by atoms with Gasteiger partial charge in [0.05, 0.1) is 12.7 Å². The van der Waals surface area contributed by atoms with Gasteiger partial charge in [-0.3, -0.25) is 9.69 Å². The topological polar surface area (TPSA) is 62.2 Å². The van der Waals surface area contributed by atoms with E-state index in [1.807, 2.05) is 31.2 Å². The Morgan fingerprint density at radius 3 is 2.67 bits per heavy atom. The number of hydrogen-bond acceptors (Lipinski definition) is 5. The highest BCUT2D eigenvalue weighted by atomic mass is 19.1. The summed E-state index contributed by atoms with van der Waals surface area (Å²) in [7, 11) is 0. The molecular formula is C26H35FN2O4. The molecule has 2 atom stereocenters. The Balaban J connectivity index is 1.54. The number of benzene rings is 2. The maximum atomic E-state index is 13.3. The smallest absolute Gasteiger partial charge is 0.253 e. The summed E-state index contributed by atoms with van der Waals surface area (Å²) in [4.78, 5) is 17.0. The Kier molecular flexibility index (Phi) is 9.23. The number of hydrogen-bond donors (Lipinski definition) is 1. The molecule has 0 aromatic heterocycles. The summed E-state index contributed by atoms with van der Waals surface area (Å²) in [5, 5.41) is 10.5. The molecule has 3 rings (SSSR count). The molecule has 180 valence electrons. The molecule has 1 amide bonds. The first-order valence-electron chi connectivity index (χ1n) is 11.6. The van der Waals surface area contributed by atoms with E-state index in [-0.39, 0.29) is 30.4 Å². The van der Waals surface area contributed by atoms with E-state index in [2.05, 4.69) is 18.7 Å². The Bertz CT molecular complexity index is 890. The molecule has 0 radical (unpaired) electrons. The average Bonchev–Trinajstić information content (AvgIpc) is 2.78. The number of halogens is 1. The molecule has 1 saturated heterocycles. The van der Waals surface area contributed by atoms with E-state index in [0.29, 0.717) is 44.9 Å². The van der Waals surface area contributed by atoms with Crippen LogP contribution in [0.1, 0.15) is 29.8 Å². The fraction of sp³-hybridized carbons (Fsp3) is 0.500. The van der Waals surface area contributed by atoms with Crippen LogP contribution in [0.25, 0.3) is 0 Å². The quantitative estimate of drug-likeness (QED) is 0.592. The summed E-state index contributed by atoms with van der Waals surface area (Å²) in [5.74, 6) is 0.573. The number of nitrogens with zero attached hydrogens (tertiary/aromatic N) is 2. The second-order valence-electron chi connectivity index (χ2n) is 9.09. The molecule has 0 aliphatic carbocycles. The monoisotopic (exact) mass is 458 g/mol. The molecule has 1 aliphatic heterocycles. The highest BCUT2D eigenvalue weighted by molar-refractivity contribution is 5.94. The minimum absolute atomic E-state index is 0.129. The Morgan fingerprint density at radius 2 is 1.97 bits per heavy atom. The van der Waals surface area contributed by atoms with Gasteiger partial charge in [-0.1, -0.05) is 32.0 Å². The fourth-order valence-corrected chi connectivity index (χ4v) is 4.01. The summed E-state index contributed by atoms with van der Waals surface area (Å²) in [5.41, 5.74) is 1.50. The van der Waals surface area contributed by atoms with Crippen LogP contribution in [0.3, 0.4) is 0 Å². The summed E-state index contributed by atoms with van der Waals surface area (Å²) < 4.78 is 25.0. The van der Waals surface area contributed by atoms with Crippen LogP contribution in [0.5, 0.6) is 5.75 Å². The van der Waals surface area contributed by atoms with E-state index >= 15 is 0 Å². The van der Waals surface area contributed by atoms with Crippen molar-refractivity contribution >= 4 is 5.91 Å². The lowest BCUT2D eigenvalue weighted by atomic mass is 10.1. The number of carbonyl (C=O) groups excluding carboxylic acids is 1. The van der Waals surface area contributed by atoms with Gasteiger partial charge in [-0.05, 0) is 48.7 Å². The van der Waals surface area contributed by atoms with Crippen molar-refractivity contribution in [1.29, 1.82) is 0 Å². The van der Waals surface area contributed by atoms with Crippen molar-refractivity contribution in [2.45, 2.75) is 33.0 Å². The standard InChI is InChI=1S/C26H35FN2O4/c1-19(2)14-29(26(31)21-8-10-22(27)11-9-21)17-24-16-28(12-13-32-24)15-23(30)18-33-25-7-5-4-6-20(25)3/h4-11,19,23-24,30H,12-18H2,1-3H3/t23-,24+/m0/s1. The molecule has 1 fully saturated rings. The lowest BCUT2D eigenvalue weighted by Gasteiger charge is -2.37. The maximum Gasteiger partial charge on any atom is 0.253 e. The summed E-state index contributed by atoms with van der Waals surface area (Å²) >= 11 is 0. The third-order valence-corrected chi connectivity index (χ3v) is 5.60. The minimum atomic E-state index is -0.629.